The molecule has 0 bridgehead atoms. The molecule has 6 nitrogen and oxygen atoms in total. The number of hydrogen-bond acceptors (Lipinski definition) is 4. The monoisotopic (exact) mass is 516 g/mol. The van der Waals surface area contributed by atoms with Crippen molar-refractivity contribution >= 4 is 40.9 Å². The highest BCUT2D eigenvalue weighted by Gasteiger charge is 2.26. The molecular weight excluding hydrogens is 480 g/mol. The minimum Gasteiger partial charge on any atom is -0.359 e. The van der Waals surface area contributed by atoms with Crippen LogP contribution < -0.4 is 10.6 Å². The van der Waals surface area contributed by atoms with Crippen molar-refractivity contribution in [3.05, 3.63) is 82.2 Å². The van der Waals surface area contributed by atoms with E-state index in [9.17, 15) is 9.59 Å². The molecule has 4 rings (SSSR count). The fourth-order valence-electron chi connectivity index (χ4n) is 4.62. The van der Waals surface area contributed by atoms with E-state index in [2.05, 4.69) is 46.8 Å². The minimum atomic E-state index is -0.106. The standard InChI is InChI=1S/C30H36N4O2S/c1-5-31-14-15-34(6-2)29(35)18-24-20(3)28(32-21(24)4)17-26-25-16-23(12-13-27(25)33-30(26)36)37-19-22-10-8-7-9-11-22/h7-13,16-17,31-32H,5-6,14-15,18-19H2,1-4H3,(H,33,36)/b26-17-. The first-order valence-electron chi connectivity index (χ1n) is 12.9. The number of amides is 2. The Labute approximate surface area is 223 Å². The molecule has 1 aliphatic heterocycles. The fourth-order valence-corrected chi connectivity index (χ4v) is 5.51. The summed E-state index contributed by atoms with van der Waals surface area (Å²) in [4.78, 5) is 32.3. The molecule has 0 unspecified atom stereocenters. The van der Waals surface area contributed by atoms with Crippen LogP contribution >= 0.6 is 11.8 Å². The molecule has 0 spiro atoms. The van der Waals surface area contributed by atoms with Crippen molar-refractivity contribution in [2.24, 2.45) is 0 Å². The lowest BCUT2D eigenvalue weighted by atomic mass is 10.0. The smallest absolute Gasteiger partial charge is 0.256 e. The summed E-state index contributed by atoms with van der Waals surface area (Å²) in [6.07, 6.45) is 2.27. The van der Waals surface area contributed by atoms with Gasteiger partial charge in [-0.3, -0.25) is 9.59 Å². The SMILES string of the molecule is CCNCCN(CC)C(=O)Cc1c(C)[nH]c(/C=C2\C(=O)Nc3ccc(SCc4ccccc4)cc32)c1C. The first-order chi connectivity index (χ1) is 17.9. The zero-order valence-corrected chi connectivity index (χ0v) is 22.9. The highest BCUT2D eigenvalue weighted by molar-refractivity contribution is 7.98. The molecule has 0 atom stereocenters. The van der Waals surface area contributed by atoms with Gasteiger partial charge < -0.3 is 20.5 Å². The lowest BCUT2D eigenvalue weighted by Gasteiger charge is -2.21. The number of hydrogen-bond donors (Lipinski definition) is 3. The predicted octanol–water partition coefficient (Wildman–Crippen LogP) is 5.42. The van der Waals surface area contributed by atoms with Gasteiger partial charge in [-0.25, -0.2) is 0 Å². The molecule has 2 heterocycles. The second-order valence-electron chi connectivity index (χ2n) is 9.26. The molecule has 0 aliphatic carbocycles. The van der Waals surface area contributed by atoms with E-state index < -0.39 is 0 Å². The topological polar surface area (TPSA) is 77.2 Å². The van der Waals surface area contributed by atoms with E-state index in [0.29, 0.717) is 25.1 Å². The number of carbonyl (C=O) groups is 2. The van der Waals surface area contributed by atoms with Crippen molar-refractivity contribution in [1.82, 2.24) is 15.2 Å². The van der Waals surface area contributed by atoms with Gasteiger partial charge in [-0.15, -0.1) is 11.8 Å². The number of aromatic nitrogens is 1. The number of thioether (sulfide) groups is 1. The van der Waals surface area contributed by atoms with Crippen LogP contribution in [0.15, 0.2) is 53.4 Å². The van der Waals surface area contributed by atoms with E-state index in [1.54, 1.807) is 11.8 Å². The number of aryl methyl sites for hydroxylation is 1. The minimum absolute atomic E-state index is 0.106. The summed E-state index contributed by atoms with van der Waals surface area (Å²) in [5, 5.41) is 6.28. The second-order valence-corrected chi connectivity index (χ2v) is 10.3. The Morgan fingerprint density at radius 2 is 1.89 bits per heavy atom. The van der Waals surface area contributed by atoms with Crippen LogP contribution in [-0.4, -0.2) is 47.9 Å². The molecule has 7 heteroatoms. The highest BCUT2D eigenvalue weighted by Crippen LogP contribution is 2.37. The van der Waals surface area contributed by atoms with E-state index in [4.69, 9.17) is 0 Å². The molecule has 0 saturated carbocycles. The quantitative estimate of drug-likeness (QED) is 0.181. The van der Waals surface area contributed by atoms with Crippen LogP contribution in [0.3, 0.4) is 0 Å². The maximum Gasteiger partial charge on any atom is 0.256 e. The number of fused-ring (bicyclic) bond motifs is 1. The maximum absolute atomic E-state index is 13.0. The summed E-state index contributed by atoms with van der Waals surface area (Å²) in [7, 11) is 0. The molecule has 1 aromatic heterocycles. The van der Waals surface area contributed by atoms with Crippen molar-refractivity contribution in [2.75, 3.05) is 31.5 Å². The Kier molecular flexibility index (Phi) is 8.90. The van der Waals surface area contributed by atoms with Gasteiger partial charge in [0.2, 0.25) is 5.91 Å². The number of carbonyl (C=O) groups excluding carboxylic acids is 2. The summed E-state index contributed by atoms with van der Waals surface area (Å²) in [6, 6.07) is 16.5. The maximum atomic E-state index is 13.0. The summed E-state index contributed by atoms with van der Waals surface area (Å²) in [5.74, 6) is 0.884. The van der Waals surface area contributed by atoms with Crippen LogP contribution in [0.4, 0.5) is 5.69 Å². The summed E-state index contributed by atoms with van der Waals surface area (Å²) < 4.78 is 0. The molecule has 1 aliphatic rings. The number of benzene rings is 2. The summed E-state index contributed by atoms with van der Waals surface area (Å²) >= 11 is 1.76. The molecule has 37 heavy (non-hydrogen) atoms. The van der Waals surface area contributed by atoms with E-state index in [1.165, 1.54) is 5.56 Å². The van der Waals surface area contributed by atoms with Gasteiger partial charge in [0, 0.05) is 52.9 Å². The molecule has 3 aromatic rings. The number of anilines is 1. The van der Waals surface area contributed by atoms with Crippen molar-refractivity contribution in [1.29, 1.82) is 0 Å². The number of H-pyrrole nitrogens is 1. The lowest BCUT2D eigenvalue weighted by Crippen LogP contribution is -2.37. The third-order valence-electron chi connectivity index (χ3n) is 6.81. The van der Waals surface area contributed by atoms with Crippen molar-refractivity contribution in [2.45, 2.75) is 44.8 Å². The predicted molar refractivity (Wildman–Crippen MR) is 154 cm³/mol. The van der Waals surface area contributed by atoms with Gasteiger partial charge in [-0.05, 0) is 68.3 Å². The number of nitrogens with zero attached hydrogens (tertiary/aromatic N) is 1. The third-order valence-corrected chi connectivity index (χ3v) is 7.88. The number of likely N-dealkylation sites (N-methyl/N-ethyl adjacent to an activating group) is 2. The van der Waals surface area contributed by atoms with Crippen molar-refractivity contribution in [3.8, 4) is 0 Å². The molecule has 0 fully saturated rings. The zero-order valence-electron chi connectivity index (χ0n) is 22.1. The van der Waals surface area contributed by atoms with Crippen LogP contribution in [-0.2, 0) is 21.8 Å². The Balaban J connectivity index is 1.54. The van der Waals surface area contributed by atoms with Gasteiger partial charge in [-0.2, -0.15) is 0 Å². The van der Waals surface area contributed by atoms with Crippen LogP contribution in [0, 0.1) is 13.8 Å². The van der Waals surface area contributed by atoms with Crippen molar-refractivity contribution in [3.63, 3.8) is 0 Å². The van der Waals surface area contributed by atoms with Gasteiger partial charge in [0.05, 0.1) is 12.0 Å². The molecule has 3 N–H and O–H groups in total. The van der Waals surface area contributed by atoms with E-state index in [-0.39, 0.29) is 11.8 Å². The summed E-state index contributed by atoms with van der Waals surface area (Å²) in [5.41, 5.74) is 7.49. The van der Waals surface area contributed by atoms with Crippen molar-refractivity contribution < 1.29 is 9.59 Å². The summed E-state index contributed by atoms with van der Waals surface area (Å²) in [6.45, 7) is 11.2. The number of aromatic amines is 1. The van der Waals surface area contributed by atoms with Crippen LogP contribution in [0.25, 0.3) is 11.6 Å². The third kappa shape index (κ3) is 6.35. The molecule has 0 radical (unpaired) electrons. The largest absolute Gasteiger partial charge is 0.359 e. The van der Waals surface area contributed by atoms with Crippen LogP contribution in [0.2, 0.25) is 0 Å². The van der Waals surface area contributed by atoms with Crippen LogP contribution in [0.5, 0.6) is 0 Å². The van der Waals surface area contributed by atoms with E-state index in [1.807, 2.05) is 56.0 Å². The van der Waals surface area contributed by atoms with Gasteiger partial charge in [0.25, 0.3) is 5.91 Å². The zero-order chi connectivity index (χ0) is 26.4. The Bertz CT molecular complexity index is 1300. The lowest BCUT2D eigenvalue weighted by molar-refractivity contribution is -0.130. The molecule has 0 saturated heterocycles. The average molecular weight is 517 g/mol. The molecule has 2 amide bonds. The Morgan fingerprint density at radius 3 is 2.62 bits per heavy atom. The van der Waals surface area contributed by atoms with Gasteiger partial charge in [-0.1, -0.05) is 37.3 Å². The van der Waals surface area contributed by atoms with Gasteiger partial charge in [0.1, 0.15) is 0 Å². The average Bonchev–Trinajstić information content (AvgIpc) is 3.35. The highest BCUT2D eigenvalue weighted by atomic mass is 32.2. The van der Waals surface area contributed by atoms with E-state index in [0.717, 1.165) is 57.5 Å². The van der Waals surface area contributed by atoms with Gasteiger partial charge >= 0.3 is 0 Å². The first kappa shape index (κ1) is 26.8. The van der Waals surface area contributed by atoms with Gasteiger partial charge in [0.15, 0.2) is 0 Å². The Hall–Kier alpha value is -3.29. The number of rotatable bonds is 11. The molecule has 194 valence electrons. The number of nitrogens with one attached hydrogen (secondary N) is 3. The normalized spacial score (nSPS) is 13.6. The molecule has 2 aromatic carbocycles. The molecular formula is C30H36N4O2S. The Morgan fingerprint density at radius 1 is 1.11 bits per heavy atom. The van der Waals surface area contributed by atoms with E-state index >= 15 is 0 Å². The second kappa shape index (κ2) is 12.3. The first-order valence-corrected chi connectivity index (χ1v) is 13.9. The fraction of sp³-hybridized carbons (Fsp3) is 0.333. The van der Waals surface area contributed by atoms with Crippen LogP contribution in [0.1, 0.15) is 47.5 Å².